The second-order valence-corrected chi connectivity index (χ2v) is 4.82. The second kappa shape index (κ2) is 6.15. The monoisotopic (exact) mass is 361 g/mol. The van der Waals surface area contributed by atoms with Gasteiger partial charge in [0.1, 0.15) is 5.52 Å². The molecule has 1 N–H and O–H groups in total. The average Bonchev–Trinajstić information content (AvgIpc) is 2.92. The second-order valence-electron chi connectivity index (χ2n) is 4.82. The number of alkyl halides is 5. The Hall–Kier alpha value is -2.98. The first kappa shape index (κ1) is 16.9. The average molecular weight is 361 g/mol. The van der Waals surface area contributed by atoms with Crippen LogP contribution in [0.4, 0.5) is 22.0 Å². The van der Waals surface area contributed by atoms with Gasteiger partial charge in [0.25, 0.3) is 6.43 Å². The van der Waals surface area contributed by atoms with E-state index >= 15 is 0 Å². The highest BCUT2D eigenvalue weighted by molar-refractivity contribution is 5.91. The van der Waals surface area contributed by atoms with Crippen LogP contribution in [0.3, 0.4) is 0 Å². The molecule has 0 saturated carbocycles. The molecule has 0 aliphatic heterocycles. The predicted molar refractivity (Wildman–Crippen MR) is 74.4 cm³/mol. The first-order chi connectivity index (χ1) is 11.8. The predicted octanol–water partition coefficient (Wildman–Crippen LogP) is 3.24. The summed E-state index contributed by atoms with van der Waals surface area (Å²) in [6.07, 6.45) is -5.24. The third kappa shape index (κ3) is 3.44. The number of nitrogens with zero attached hydrogens (tertiary/aromatic N) is 2. The highest BCUT2D eigenvalue weighted by Gasteiger charge is 2.34. The van der Waals surface area contributed by atoms with E-state index in [1.54, 1.807) is 0 Å². The molecule has 0 unspecified atom stereocenters. The number of benzene rings is 1. The maximum Gasteiger partial charge on any atom is 0.418 e. The summed E-state index contributed by atoms with van der Waals surface area (Å²) in [7, 11) is 0. The summed E-state index contributed by atoms with van der Waals surface area (Å²) >= 11 is 0. The first-order valence-corrected chi connectivity index (χ1v) is 6.72. The lowest BCUT2D eigenvalue weighted by atomic mass is 10.1. The number of aromatic nitrogens is 3. The molecule has 25 heavy (non-hydrogen) atoms. The van der Waals surface area contributed by atoms with Crippen LogP contribution in [0.15, 0.2) is 33.7 Å². The molecule has 2 aromatic heterocycles. The van der Waals surface area contributed by atoms with Crippen LogP contribution in [0, 0.1) is 0 Å². The Balaban J connectivity index is 2.03. The Labute approximate surface area is 135 Å². The highest BCUT2D eigenvalue weighted by Crippen LogP contribution is 2.37. The van der Waals surface area contributed by atoms with Crippen molar-refractivity contribution in [1.82, 2.24) is 15.0 Å². The maximum atomic E-state index is 13.0. The summed E-state index contributed by atoms with van der Waals surface area (Å²) in [6.45, 7) is -0.870. The molecule has 0 aliphatic carbocycles. The molecule has 0 saturated heterocycles. The van der Waals surface area contributed by atoms with Crippen molar-refractivity contribution in [1.29, 1.82) is 0 Å². The number of fused-ring (bicyclic) bond motifs is 1. The molecule has 11 heteroatoms. The van der Waals surface area contributed by atoms with Gasteiger partial charge in [-0.15, -0.1) is 0 Å². The number of oxazole rings is 1. The molecular weight excluding hydrogens is 353 g/mol. The standard InChI is InChI=1S/C14H8F5N3O3/c15-9(16)5-24-10-4-20-8(3-21-10)6-1-2-7(14(17,18)19)11-12(6)25-13(23)22-11/h1-4,9H,5H2,(H,22,23). The number of rotatable bonds is 4. The molecule has 0 fully saturated rings. The lowest BCUT2D eigenvalue weighted by molar-refractivity contribution is -0.136. The molecule has 0 bridgehead atoms. The van der Waals surface area contributed by atoms with Gasteiger partial charge >= 0.3 is 11.9 Å². The van der Waals surface area contributed by atoms with Crippen molar-refractivity contribution in [3.05, 3.63) is 40.6 Å². The van der Waals surface area contributed by atoms with Crippen LogP contribution in [0.5, 0.6) is 5.88 Å². The minimum Gasteiger partial charge on any atom is -0.470 e. The van der Waals surface area contributed by atoms with Crippen molar-refractivity contribution in [2.75, 3.05) is 6.61 Å². The zero-order chi connectivity index (χ0) is 18.2. The molecule has 2 heterocycles. The summed E-state index contributed by atoms with van der Waals surface area (Å²) in [6, 6.07) is 1.84. The van der Waals surface area contributed by atoms with Crippen molar-refractivity contribution in [3.63, 3.8) is 0 Å². The van der Waals surface area contributed by atoms with Crippen molar-refractivity contribution >= 4 is 11.1 Å². The van der Waals surface area contributed by atoms with Crippen LogP contribution in [0.2, 0.25) is 0 Å². The number of halogens is 5. The number of H-pyrrole nitrogens is 1. The number of nitrogens with one attached hydrogen (secondary N) is 1. The summed E-state index contributed by atoms with van der Waals surface area (Å²) in [5.41, 5.74) is -1.77. The highest BCUT2D eigenvalue weighted by atomic mass is 19.4. The number of aromatic amines is 1. The van der Waals surface area contributed by atoms with Crippen molar-refractivity contribution in [2.45, 2.75) is 12.6 Å². The zero-order valence-electron chi connectivity index (χ0n) is 12.1. The van der Waals surface area contributed by atoms with E-state index in [0.29, 0.717) is 0 Å². The van der Waals surface area contributed by atoms with Crippen LogP contribution >= 0.6 is 0 Å². The molecule has 132 valence electrons. The summed E-state index contributed by atoms with van der Waals surface area (Å²) in [4.78, 5) is 21.0. The fourth-order valence-electron chi connectivity index (χ4n) is 2.15. The van der Waals surface area contributed by atoms with E-state index in [0.717, 1.165) is 24.5 Å². The van der Waals surface area contributed by atoms with Gasteiger partial charge in [0.2, 0.25) is 5.88 Å². The van der Waals surface area contributed by atoms with Crippen LogP contribution in [-0.4, -0.2) is 28.0 Å². The Morgan fingerprint density at radius 2 is 1.96 bits per heavy atom. The van der Waals surface area contributed by atoms with E-state index in [-0.39, 0.29) is 22.7 Å². The van der Waals surface area contributed by atoms with Crippen molar-refractivity contribution in [3.8, 4) is 17.1 Å². The van der Waals surface area contributed by atoms with Crippen LogP contribution in [0.1, 0.15) is 5.56 Å². The van der Waals surface area contributed by atoms with Gasteiger partial charge in [-0.3, -0.25) is 4.98 Å². The van der Waals surface area contributed by atoms with Crippen molar-refractivity contribution in [2.24, 2.45) is 0 Å². The minimum absolute atomic E-state index is 0.0749. The third-order valence-electron chi connectivity index (χ3n) is 3.15. The number of hydrogen-bond acceptors (Lipinski definition) is 5. The molecular formula is C14H8F5N3O3. The Morgan fingerprint density at radius 1 is 1.20 bits per heavy atom. The zero-order valence-corrected chi connectivity index (χ0v) is 12.1. The smallest absolute Gasteiger partial charge is 0.418 e. The molecule has 0 aliphatic rings. The molecule has 0 radical (unpaired) electrons. The summed E-state index contributed by atoms with van der Waals surface area (Å²) in [5, 5.41) is 0. The van der Waals surface area contributed by atoms with E-state index in [9.17, 15) is 26.7 Å². The van der Waals surface area contributed by atoms with Gasteiger partial charge in [0, 0.05) is 5.56 Å². The van der Waals surface area contributed by atoms with Gasteiger partial charge in [-0.25, -0.2) is 23.5 Å². The molecule has 0 spiro atoms. The van der Waals surface area contributed by atoms with Gasteiger partial charge in [-0.05, 0) is 12.1 Å². The third-order valence-corrected chi connectivity index (χ3v) is 3.15. The summed E-state index contributed by atoms with van der Waals surface area (Å²) < 4.78 is 72.6. The summed E-state index contributed by atoms with van der Waals surface area (Å²) in [5.74, 6) is -1.24. The van der Waals surface area contributed by atoms with Gasteiger partial charge in [-0.1, -0.05) is 0 Å². The molecule has 3 rings (SSSR count). The topological polar surface area (TPSA) is 81.0 Å². The van der Waals surface area contributed by atoms with E-state index in [4.69, 9.17) is 4.42 Å². The van der Waals surface area contributed by atoms with Crippen LogP contribution in [-0.2, 0) is 6.18 Å². The molecule has 0 amide bonds. The molecule has 3 aromatic rings. The van der Waals surface area contributed by atoms with Gasteiger partial charge in [0.05, 0.1) is 23.7 Å². The lowest BCUT2D eigenvalue weighted by Crippen LogP contribution is -2.08. The van der Waals surface area contributed by atoms with Gasteiger partial charge in [-0.2, -0.15) is 13.2 Å². The van der Waals surface area contributed by atoms with E-state index in [1.807, 2.05) is 4.98 Å². The normalized spacial score (nSPS) is 12.1. The molecule has 6 nitrogen and oxygen atoms in total. The van der Waals surface area contributed by atoms with Crippen LogP contribution in [0.25, 0.3) is 22.4 Å². The Kier molecular flexibility index (Phi) is 4.15. The van der Waals surface area contributed by atoms with Gasteiger partial charge in [0.15, 0.2) is 12.2 Å². The molecule has 0 atom stereocenters. The molecule has 1 aromatic carbocycles. The van der Waals surface area contributed by atoms with Crippen LogP contribution < -0.4 is 10.5 Å². The van der Waals surface area contributed by atoms with Crippen molar-refractivity contribution < 1.29 is 31.1 Å². The largest absolute Gasteiger partial charge is 0.470 e. The lowest BCUT2D eigenvalue weighted by Gasteiger charge is -2.09. The maximum absolute atomic E-state index is 13.0. The number of hydrogen-bond donors (Lipinski definition) is 1. The number of ether oxygens (including phenoxy) is 1. The first-order valence-electron chi connectivity index (χ1n) is 6.72. The van der Waals surface area contributed by atoms with E-state index < -0.39 is 36.0 Å². The SMILES string of the molecule is O=c1[nH]c2c(C(F)(F)F)ccc(-c3cnc(OCC(F)F)cn3)c2o1. The Bertz CT molecular complexity index is 947. The minimum atomic E-state index is -4.69. The quantitative estimate of drug-likeness (QED) is 0.722. The van der Waals surface area contributed by atoms with Gasteiger partial charge < -0.3 is 9.15 Å². The van der Waals surface area contributed by atoms with E-state index in [2.05, 4.69) is 14.7 Å². The van der Waals surface area contributed by atoms with E-state index in [1.165, 1.54) is 0 Å². The Morgan fingerprint density at radius 3 is 2.56 bits per heavy atom. The fourth-order valence-corrected chi connectivity index (χ4v) is 2.15. The fraction of sp³-hybridized carbons (Fsp3) is 0.214.